The third-order valence-corrected chi connectivity index (χ3v) is 6.23. The van der Waals surface area contributed by atoms with Crippen molar-refractivity contribution in [3.63, 3.8) is 0 Å². The number of benzene rings is 3. The number of carbonyl (C=O) groups excluding carboxylic acids is 2. The van der Waals surface area contributed by atoms with Crippen LogP contribution in [-0.4, -0.2) is 26.4 Å². The first-order valence-corrected chi connectivity index (χ1v) is 11.6. The number of aryl methyl sites for hydroxylation is 1. The highest BCUT2D eigenvalue weighted by atomic mass is 35.5. The molecule has 10 heteroatoms. The molecule has 0 aliphatic carbocycles. The van der Waals surface area contributed by atoms with Gasteiger partial charge in [-0.3, -0.25) is 9.52 Å². The Hall–Kier alpha value is -3.43. The van der Waals surface area contributed by atoms with Crippen LogP contribution in [0, 0.1) is 12.7 Å². The number of anilines is 2. The maximum atomic E-state index is 13.7. The number of hydrogen-bond acceptors (Lipinski definition) is 5. The molecular formula is C23H20ClFN2O5S. The molecule has 33 heavy (non-hydrogen) atoms. The third kappa shape index (κ3) is 6.09. The van der Waals surface area contributed by atoms with E-state index >= 15 is 0 Å². The van der Waals surface area contributed by atoms with Gasteiger partial charge in [-0.1, -0.05) is 35.9 Å². The largest absolute Gasteiger partial charge is 0.449 e. The molecule has 3 aromatic carbocycles. The molecule has 0 saturated heterocycles. The molecule has 172 valence electrons. The van der Waals surface area contributed by atoms with Gasteiger partial charge < -0.3 is 10.1 Å². The zero-order valence-electron chi connectivity index (χ0n) is 17.6. The quantitative estimate of drug-likeness (QED) is 0.464. The van der Waals surface area contributed by atoms with Crippen LogP contribution in [0.4, 0.5) is 15.8 Å². The Morgan fingerprint density at radius 1 is 1.03 bits per heavy atom. The lowest BCUT2D eigenvalue weighted by atomic mass is 10.2. The molecule has 0 fully saturated rings. The van der Waals surface area contributed by atoms with Crippen LogP contribution in [0.2, 0.25) is 5.02 Å². The summed E-state index contributed by atoms with van der Waals surface area (Å²) < 4.78 is 46.8. The number of halogens is 2. The Bertz CT molecular complexity index is 1310. The summed E-state index contributed by atoms with van der Waals surface area (Å²) in [7, 11) is -4.03. The highest BCUT2D eigenvalue weighted by Gasteiger charge is 2.24. The molecule has 0 aromatic heterocycles. The minimum atomic E-state index is -4.03. The van der Waals surface area contributed by atoms with Crippen LogP contribution in [0.5, 0.6) is 0 Å². The number of rotatable bonds is 7. The topological polar surface area (TPSA) is 102 Å². The molecule has 0 saturated carbocycles. The SMILES string of the molecule is Cc1cccc(NS(=O)(=O)c2ccc(Cl)c(C(=O)OC(C)C(=O)Nc3ccccc3F)c2)c1. The molecule has 2 N–H and O–H groups in total. The van der Waals surface area contributed by atoms with Crippen molar-refractivity contribution in [2.75, 3.05) is 10.0 Å². The fraction of sp³-hybridized carbons (Fsp3) is 0.130. The lowest BCUT2D eigenvalue weighted by Gasteiger charge is -2.15. The zero-order valence-corrected chi connectivity index (χ0v) is 19.2. The van der Waals surface area contributed by atoms with Crippen molar-refractivity contribution >= 4 is 44.9 Å². The molecule has 0 radical (unpaired) electrons. The lowest BCUT2D eigenvalue weighted by molar-refractivity contribution is -0.123. The first-order chi connectivity index (χ1) is 15.6. The predicted molar refractivity (Wildman–Crippen MR) is 123 cm³/mol. The van der Waals surface area contributed by atoms with Crippen LogP contribution in [0.15, 0.2) is 71.6 Å². The van der Waals surface area contributed by atoms with Gasteiger partial charge in [-0.25, -0.2) is 17.6 Å². The van der Waals surface area contributed by atoms with Crippen LogP contribution < -0.4 is 10.0 Å². The monoisotopic (exact) mass is 490 g/mol. The molecule has 0 heterocycles. The number of amides is 1. The van der Waals surface area contributed by atoms with Gasteiger partial charge in [0.15, 0.2) is 6.10 Å². The van der Waals surface area contributed by atoms with Gasteiger partial charge in [0.05, 0.1) is 21.2 Å². The number of nitrogens with one attached hydrogen (secondary N) is 2. The number of ether oxygens (including phenoxy) is 1. The molecule has 3 aromatic rings. The van der Waals surface area contributed by atoms with Crippen LogP contribution in [-0.2, 0) is 19.6 Å². The molecule has 0 bridgehead atoms. The number of carbonyl (C=O) groups is 2. The maximum absolute atomic E-state index is 13.7. The molecule has 0 aliphatic heterocycles. The molecule has 1 atom stereocenters. The van der Waals surface area contributed by atoms with Crippen LogP contribution in [0.25, 0.3) is 0 Å². The van der Waals surface area contributed by atoms with E-state index in [9.17, 15) is 22.4 Å². The molecule has 3 rings (SSSR count). The smallest absolute Gasteiger partial charge is 0.340 e. The predicted octanol–water partition coefficient (Wildman–Crippen LogP) is 4.77. The molecule has 0 aliphatic rings. The lowest BCUT2D eigenvalue weighted by Crippen LogP contribution is -2.30. The van der Waals surface area contributed by atoms with Gasteiger partial charge in [-0.05, 0) is 61.9 Å². The Morgan fingerprint density at radius 3 is 2.45 bits per heavy atom. The summed E-state index contributed by atoms with van der Waals surface area (Å²) >= 11 is 6.07. The summed E-state index contributed by atoms with van der Waals surface area (Å²) in [4.78, 5) is 24.7. The third-order valence-electron chi connectivity index (χ3n) is 4.52. The van der Waals surface area contributed by atoms with Crippen LogP contribution >= 0.6 is 11.6 Å². The van der Waals surface area contributed by atoms with Crippen molar-refractivity contribution in [2.24, 2.45) is 0 Å². The Kier molecular flexibility index (Phi) is 7.35. The summed E-state index contributed by atoms with van der Waals surface area (Å²) in [5.74, 6) is -2.43. The Morgan fingerprint density at radius 2 is 1.76 bits per heavy atom. The van der Waals surface area contributed by atoms with Crippen molar-refractivity contribution in [3.05, 3.63) is 88.7 Å². The highest BCUT2D eigenvalue weighted by Crippen LogP contribution is 2.24. The van der Waals surface area contributed by atoms with Gasteiger partial charge >= 0.3 is 5.97 Å². The number of para-hydroxylation sites is 1. The van der Waals surface area contributed by atoms with Gasteiger partial charge in [0.1, 0.15) is 5.82 Å². The normalized spacial score (nSPS) is 12.0. The Labute approximate surface area is 195 Å². The first-order valence-electron chi connectivity index (χ1n) is 9.72. The van der Waals surface area contributed by atoms with E-state index in [1.54, 1.807) is 18.2 Å². The van der Waals surface area contributed by atoms with E-state index in [0.717, 1.165) is 11.6 Å². The van der Waals surface area contributed by atoms with Crippen molar-refractivity contribution in [1.29, 1.82) is 0 Å². The number of hydrogen-bond donors (Lipinski definition) is 2. The summed E-state index contributed by atoms with van der Waals surface area (Å²) in [6.45, 7) is 3.11. The molecular weight excluding hydrogens is 471 g/mol. The minimum Gasteiger partial charge on any atom is -0.449 e. The van der Waals surface area contributed by atoms with Crippen molar-refractivity contribution in [1.82, 2.24) is 0 Å². The zero-order chi connectivity index (χ0) is 24.2. The van der Waals surface area contributed by atoms with Crippen LogP contribution in [0.3, 0.4) is 0 Å². The molecule has 1 amide bonds. The Balaban J connectivity index is 1.76. The second-order valence-electron chi connectivity index (χ2n) is 7.13. The standard InChI is InChI=1S/C23H20ClFN2O5S/c1-14-6-5-7-16(12-14)27-33(30,31)17-10-11-19(24)18(13-17)23(29)32-15(2)22(28)26-21-9-4-3-8-20(21)25/h3-13,15,27H,1-2H3,(H,26,28). The van der Waals surface area contributed by atoms with E-state index in [0.29, 0.717) is 5.69 Å². The number of esters is 1. The van der Waals surface area contributed by atoms with Gasteiger partial charge in [0, 0.05) is 5.69 Å². The highest BCUT2D eigenvalue weighted by molar-refractivity contribution is 7.92. The van der Waals surface area contributed by atoms with Crippen molar-refractivity contribution in [2.45, 2.75) is 24.8 Å². The number of sulfonamides is 1. The van der Waals surface area contributed by atoms with E-state index < -0.39 is 33.8 Å². The van der Waals surface area contributed by atoms with E-state index in [-0.39, 0.29) is 21.2 Å². The summed E-state index contributed by atoms with van der Waals surface area (Å²) in [5, 5.41) is 2.26. The van der Waals surface area contributed by atoms with Crippen LogP contribution in [0.1, 0.15) is 22.8 Å². The second kappa shape index (κ2) is 10.0. The fourth-order valence-electron chi connectivity index (χ4n) is 2.83. The van der Waals surface area contributed by atoms with E-state index in [2.05, 4.69) is 10.0 Å². The van der Waals surface area contributed by atoms with Gasteiger partial charge in [-0.15, -0.1) is 0 Å². The minimum absolute atomic E-state index is 0.0591. The average molecular weight is 491 g/mol. The fourth-order valence-corrected chi connectivity index (χ4v) is 4.10. The molecule has 7 nitrogen and oxygen atoms in total. The summed E-state index contributed by atoms with van der Waals surface area (Å²) in [6.07, 6.45) is -1.31. The van der Waals surface area contributed by atoms with Crippen molar-refractivity contribution in [3.8, 4) is 0 Å². The van der Waals surface area contributed by atoms with Crippen molar-refractivity contribution < 1.29 is 27.1 Å². The maximum Gasteiger partial charge on any atom is 0.340 e. The van der Waals surface area contributed by atoms with E-state index in [1.165, 1.54) is 43.3 Å². The first kappa shape index (κ1) is 24.2. The second-order valence-corrected chi connectivity index (χ2v) is 9.22. The average Bonchev–Trinajstić information content (AvgIpc) is 2.75. The van der Waals surface area contributed by atoms with Gasteiger partial charge in [0.25, 0.3) is 15.9 Å². The molecule has 0 spiro atoms. The van der Waals surface area contributed by atoms with E-state index in [4.69, 9.17) is 16.3 Å². The van der Waals surface area contributed by atoms with Gasteiger partial charge in [0.2, 0.25) is 0 Å². The van der Waals surface area contributed by atoms with E-state index in [1.807, 2.05) is 13.0 Å². The van der Waals surface area contributed by atoms with Gasteiger partial charge in [-0.2, -0.15) is 0 Å². The molecule has 1 unspecified atom stereocenters. The summed E-state index contributed by atoms with van der Waals surface area (Å²) in [5.41, 5.74) is 0.902. The summed E-state index contributed by atoms with van der Waals surface area (Å²) in [6, 6.07) is 15.8.